The highest BCUT2D eigenvalue weighted by Gasteiger charge is 2.47. The number of fused-ring (bicyclic) bond motifs is 1. The van der Waals surface area contributed by atoms with Gasteiger partial charge in [-0.05, 0) is 61.2 Å². The second kappa shape index (κ2) is 6.95. The predicted octanol–water partition coefficient (Wildman–Crippen LogP) is 2.92. The van der Waals surface area contributed by atoms with Crippen LogP contribution in [0.25, 0.3) is 0 Å². The van der Waals surface area contributed by atoms with Crippen molar-refractivity contribution >= 4 is 17.5 Å². The molecule has 2 N–H and O–H groups in total. The maximum Gasteiger partial charge on any atom is 0.231 e. The van der Waals surface area contributed by atoms with Crippen molar-refractivity contribution in [3.63, 3.8) is 0 Å². The molecule has 2 atom stereocenters. The van der Waals surface area contributed by atoms with Crippen molar-refractivity contribution in [2.75, 3.05) is 12.1 Å². The maximum absolute atomic E-state index is 12.4. The molecule has 1 heterocycles. The van der Waals surface area contributed by atoms with Crippen molar-refractivity contribution in [1.29, 1.82) is 0 Å². The van der Waals surface area contributed by atoms with Crippen LogP contribution in [0.1, 0.15) is 23.1 Å². The van der Waals surface area contributed by atoms with Crippen LogP contribution in [0.5, 0.6) is 11.5 Å². The number of ether oxygens (including phenoxy) is 2. The van der Waals surface area contributed by atoms with Gasteiger partial charge in [-0.2, -0.15) is 0 Å². The highest BCUT2D eigenvalue weighted by atomic mass is 16.7. The number of aryl methyl sites for hydroxylation is 2. The number of carbonyl (C=O) groups excluding carboxylic acids is 2. The summed E-state index contributed by atoms with van der Waals surface area (Å²) in [6.07, 6.45) is 0.587. The molecule has 1 aliphatic heterocycles. The number of rotatable bonds is 5. The number of amides is 2. The summed E-state index contributed by atoms with van der Waals surface area (Å²) in [5, 5.41) is 5.83. The Morgan fingerprint density at radius 3 is 2.44 bits per heavy atom. The van der Waals surface area contributed by atoms with E-state index in [9.17, 15) is 9.59 Å². The molecule has 0 radical (unpaired) electrons. The van der Waals surface area contributed by atoms with Crippen molar-refractivity contribution in [3.05, 3.63) is 53.1 Å². The fourth-order valence-corrected chi connectivity index (χ4v) is 3.43. The average Bonchev–Trinajstić information content (AvgIpc) is 3.29. The average molecular weight is 366 g/mol. The van der Waals surface area contributed by atoms with Crippen molar-refractivity contribution in [3.8, 4) is 11.5 Å². The van der Waals surface area contributed by atoms with E-state index in [4.69, 9.17) is 9.47 Å². The molecule has 140 valence electrons. The van der Waals surface area contributed by atoms with E-state index in [0.29, 0.717) is 18.7 Å². The number of carbonyl (C=O) groups is 2. The Bertz CT molecular complexity index is 889. The van der Waals surface area contributed by atoms with Crippen molar-refractivity contribution < 1.29 is 19.1 Å². The minimum Gasteiger partial charge on any atom is -0.454 e. The molecule has 2 amide bonds. The van der Waals surface area contributed by atoms with E-state index in [0.717, 1.165) is 28.1 Å². The lowest BCUT2D eigenvalue weighted by molar-refractivity contribution is -0.125. The lowest BCUT2D eigenvalue weighted by atomic mass is 10.1. The molecule has 6 nitrogen and oxygen atoms in total. The van der Waals surface area contributed by atoms with E-state index in [2.05, 4.69) is 16.7 Å². The van der Waals surface area contributed by atoms with Crippen LogP contribution in [0.2, 0.25) is 0 Å². The molecule has 1 aliphatic carbocycles. The third-order valence-electron chi connectivity index (χ3n) is 4.86. The Hall–Kier alpha value is -3.02. The number of hydrogen-bond donors (Lipinski definition) is 2. The molecule has 0 saturated heterocycles. The van der Waals surface area contributed by atoms with Gasteiger partial charge in [-0.25, -0.2) is 0 Å². The normalized spacial score (nSPS) is 19.5. The molecular formula is C21H22N2O4. The number of hydrogen-bond acceptors (Lipinski definition) is 4. The molecule has 0 aromatic heterocycles. The highest BCUT2D eigenvalue weighted by molar-refractivity contribution is 5.99. The summed E-state index contributed by atoms with van der Waals surface area (Å²) < 4.78 is 10.6. The Balaban J connectivity index is 1.29. The lowest BCUT2D eigenvalue weighted by Gasteiger charge is -2.08. The molecule has 1 fully saturated rings. The zero-order chi connectivity index (χ0) is 19.0. The molecule has 2 aliphatic rings. The predicted molar refractivity (Wildman–Crippen MR) is 101 cm³/mol. The molecule has 0 spiro atoms. The van der Waals surface area contributed by atoms with Gasteiger partial charge in [0.2, 0.25) is 18.6 Å². The van der Waals surface area contributed by atoms with Gasteiger partial charge in [0.1, 0.15) is 0 Å². The largest absolute Gasteiger partial charge is 0.454 e. The first kappa shape index (κ1) is 17.4. The van der Waals surface area contributed by atoms with Gasteiger partial charge in [-0.3, -0.25) is 9.59 Å². The SMILES string of the molecule is Cc1cc(C)cc(NC(=O)C2CC2C(=O)NCc2ccc3c(c2)OCO3)c1. The van der Waals surface area contributed by atoms with E-state index in [1.165, 1.54) is 0 Å². The van der Waals surface area contributed by atoms with E-state index >= 15 is 0 Å². The summed E-state index contributed by atoms with van der Waals surface area (Å²) in [5.74, 6) is 0.707. The van der Waals surface area contributed by atoms with Crippen LogP contribution in [0.3, 0.4) is 0 Å². The smallest absolute Gasteiger partial charge is 0.231 e. The fraction of sp³-hybridized carbons (Fsp3) is 0.333. The van der Waals surface area contributed by atoms with Crippen LogP contribution in [-0.4, -0.2) is 18.6 Å². The highest BCUT2D eigenvalue weighted by Crippen LogP contribution is 2.40. The van der Waals surface area contributed by atoms with Crippen LogP contribution in [0, 0.1) is 25.7 Å². The van der Waals surface area contributed by atoms with Gasteiger partial charge < -0.3 is 20.1 Å². The first-order valence-corrected chi connectivity index (χ1v) is 9.05. The summed E-state index contributed by atoms with van der Waals surface area (Å²) in [4.78, 5) is 24.7. The van der Waals surface area contributed by atoms with Gasteiger partial charge in [-0.1, -0.05) is 12.1 Å². The fourth-order valence-electron chi connectivity index (χ4n) is 3.43. The summed E-state index contributed by atoms with van der Waals surface area (Å²) in [5.41, 5.74) is 3.91. The van der Waals surface area contributed by atoms with E-state index in [-0.39, 0.29) is 30.4 Å². The Kier molecular flexibility index (Phi) is 4.48. The molecule has 2 aromatic rings. The molecule has 0 bridgehead atoms. The van der Waals surface area contributed by atoms with E-state index in [1.54, 1.807) is 0 Å². The summed E-state index contributed by atoms with van der Waals surface area (Å²) in [7, 11) is 0. The third kappa shape index (κ3) is 3.89. The van der Waals surface area contributed by atoms with Crippen LogP contribution >= 0.6 is 0 Å². The summed E-state index contributed by atoms with van der Waals surface area (Å²) >= 11 is 0. The second-order valence-corrected chi connectivity index (χ2v) is 7.22. The van der Waals surface area contributed by atoms with Gasteiger partial charge in [0.05, 0.1) is 11.8 Å². The van der Waals surface area contributed by atoms with Crippen LogP contribution in [0.4, 0.5) is 5.69 Å². The first-order chi connectivity index (χ1) is 13.0. The molecular weight excluding hydrogens is 344 g/mol. The molecule has 6 heteroatoms. The van der Waals surface area contributed by atoms with Crippen LogP contribution in [0.15, 0.2) is 36.4 Å². The summed E-state index contributed by atoms with van der Waals surface area (Å²) in [6, 6.07) is 11.5. The minimum absolute atomic E-state index is 0.0896. The van der Waals surface area contributed by atoms with Gasteiger partial charge in [0.25, 0.3) is 0 Å². The van der Waals surface area contributed by atoms with Crippen molar-refractivity contribution in [2.24, 2.45) is 11.8 Å². The van der Waals surface area contributed by atoms with Crippen molar-refractivity contribution in [2.45, 2.75) is 26.8 Å². The van der Waals surface area contributed by atoms with Gasteiger partial charge in [-0.15, -0.1) is 0 Å². The topological polar surface area (TPSA) is 76.7 Å². The van der Waals surface area contributed by atoms with Crippen molar-refractivity contribution in [1.82, 2.24) is 5.32 Å². The zero-order valence-electron chi connectivity index (χ0n) is 15.4. The molecule has 2 aromatic carbocycles. The quantitative estimate of drug-likeness (QED) is 0.853. The van der Waals surface area contributed by atoms with Crippen LogP contribution in [-0.2, 0) is 16.1 Å². The monoisotopic (exact) mass is 366 g/mol. The van der Waals surface area contributed by atoms with Gasteiger partial charge in [0, 0.05) is 12.2 Å². The minimum atomic E-state index is -0.262. The standard InChI is InChI=1S/C21H22N2O4/c1-12-5-13(2)7-15(6-12)23-21(25)17-9-16(17)20(24)22-10-14-3-4-18-19(8-14)27-11-26-18/h3-8,16-17H,9-11H2,1-2H3,(H,22,24)(H,23,25). The molecule has 27 heavy (non-hydrogen) atoms. The molecule has 2 unspecified atom stereocenters. The molecule has 1 saturated carbocycles. The molecule has 4 rings (SSSR count). The Labute approximate surface area is 157 Å². The van der Waals surface area contributed by atoms with Gasteiger partial charge in [0.15, 0.2) is 11.5 Å². The maximum atomic E-state index is 12.4. The first-order valence-electron chi connectivity index (χ1n) is 9.05. The van der Waals surface area contributed by atoms with E-state index < -0.39 is 0 Å². The van der Waals surface area contributed by atoms with Crippen LogP contribution < -0.4 is 20.1 Å². The zero-order valence-corrected chi connectivity index (χ0v) is 15.4. The lowest BCUT2D eigenvalue weighted by Crippen LogP contribution is -2.27. The second-order valence-electron chi connectivity index (χ2n) is 7.22. The number of anilines is 1. The number of benzene rings is 2. The Morgan fingerprint density at radius 1 is 0.963 bits per heavy atom. The third-order valence-corrected chi connectivity index (χ3v) is 4.86. The summed E-state index contributed by atoms with van der Waals surface area (Å²) in [6.45, 7) is 4.61. The van der Waals surface area contributed by atoms with Gasteiger partial charge >= 0.3 is 0 Å². The number of nitrogens with one attached hydrogen (secondary N) is 2. The Morgan fingerprint density at radius 2 is 1.67 bits per heavy atom. The van der Waals surface area contributed by atoms with E-state index in [1.807, 2.05) is 44.2 Å².